The molecule has 0 aliphatic heterocycles. The van der Waals surface area contributed by atoms with Crippen LogP contribution in [0.5, 0.6) is 5.75 Å². The predicted octanol–water partition coefficient (Wildman–Crippen LogP) is 3.67. The molecule has 0 saturated carbocycles. The quantitative estimate of drug-likeness (QED) is 0.645. The molecule has 0 unspecified atom stereocenters. The van der Waals surface area contributed by atoms with Gasteiger partial charge in [-0.2, -0.15) is 9.78 Å². The molecule has 0 aliphatic carbocycles. The van der Waals surface area contributed by atoms with E-state index in [4.69, 9.17) is 4.74 Å². The summed E-state index contributed by atoms with van der Waals surface area (Å²) in [5.41, 5.74) is 2.17. The van der Waals surface area contributed by atoms with Crippen LogP contribution >= 0.6 is 11.8 Å². The number of para-hydroxylation sites is 2. The van der Waals surface area contributed by atoms with E-state index in [1.54, 1.807) is 32.2 Å². The third-order valence-electron chi connectivity index (χ3n) is 4.09. The Morgan fingerprint density at radius 1 is 1.11 bits per heavy atom. The van der Waals surface area contributed by atoms with Gasteiger partial charge in [0.05, 0.1) is 23.7 Å². The minimum atomic E-state index is -0.415. The van der Waals surface area contributed by atoms with E-state index in [1.165, 1.54) is 22.5 Å². The molecule has 1 aromatic heterocycles. The van der Waals surface area contributed by atoms with Crippen molar-refractivity contribution in [3.05, 3.63) is 76.6 Å². The molecule has 3 aromatic rings. The predicted molar refractivity (Wildman–Crippen MR) is 112 cm³/mol. The largest absolute Gasteiger partial charge is 0.495 e. The molecule has 1 N–H and O–H groups in total. The Morgan fingerprint density at radius 3 is 2.54 bits per heavy atom. The van der Waals surface area contributed by atoms with Gasteiger partial charge in [-0.1, -0.05) is 41.6 Å². The fourth-order valence-corrected chi connectivity index (χ4v) is 3.35. The Balaban J connectivity index is 1.76. The van der Waals surface area contributed by atoms with Crippen molar-refractivity contribution < 1.29 is 9.53 Å². The summed E-state index contributed by atoms with van der Waals surface area (Å²) in [5, 5.41) is 7.43. The van der Waals surface area contributed by atoms with Crippen molar-refractivity contribution in [2.24, 2.45) is 0 Å². The number of ether oxygens (including phenoxy) is 1. The first-order valence-corrected chi connectivity index (χ1v) is 9.64. The smallest absolute Gasteiger partial charge is 0.271 e. The highest BCUT2D eigenvalue weighted by atomic mass is 32.2. The number of methoxy groups -OCH3 is 1. The number of benzene rings is 2. The van der Waals surface area contributed by atoms with Gasteiger partial charge in [0.15, 0.2) is 0 Å². The molecule has 6 nitrogen and oxygen atoms in total. The summed E-state index contributed by atoms with van der Waals surface area (Å²) in [6.07, 6.45) is 0. The van der Waals surface area contributed by atoms with Crippen molar-refractivity contribution in [2.45, 2.75) is 24.1 Å². The van der Waals surface area contributed by atoms with Gasteiger partial charge in [-0.05, 0) is 44.2 Å². The van der Waals surface area contributed by atoms with E-state index < -0.39 is 5.25 Å². The topological polar surface area (TPSA) is 73.2 Å². The molecular formula is C21H21N3O3S. The molecule has 28 heavy (non-hydrogen) atoms. The third kappa shape index (κ3) is 4.61. The number of nitrogens with zero attached hydrogens (tertiary/aromatic N) is 2. The van der Waals surface area contributed by atoms with Gasteiger partial charge in [0.2, 0.25) is 5.91 Å². The molecule has 7 heteroatoms. The average molecular weight is 395 g/mol. The van der Waals surface area contributed by atoms with Crippen LogP contribution in [0.4, 0.5) is 5.69 Å². The summed E-state index contributed by atoms with van der Waals surface area (Å²) in [6, 6.07) is 17.9. The van der Waals surface area contributed by atoms with Crippen LogP contribution < -0.4 is 15.6 Å². The fraction of sp³-hybridized carbons (Fsp3) is 0.190. The van der Waals surface area contributed by atoms with E-state index in [0.717, 1.165) is 5.56 Å². The molecule has 1 atom stereocenters. The number of anilines is 1. The number of amides is 1. The number of hydrogen-bond acceptors (Lipinski definition) is 5. The van der Waals surface area contributed by atoms with Crippen LogP contribution in [0.15, 0.2) is 70.5 Å². The van der Waals surface area contributed by atoms with Crippen molar-refractivity contribution in [1.29, 1.82) is 0 Å². The van der Waals surface area contributed by atoms with E-state index in [2.05, 4.69) is 10.4 Å². The molecule has 0 aliphatic rings. The highest BCUT2D eigenvalue weighted by molar-refractivity contribution is 8.00. The number of aromatic nitrogens is 2. The van der Waals surface area contributed by atoms with Gasteiger partial charge in [-0.15, -0.1) is 0 Å². The van der Waals surface area contributed by atoms with E-state index in [1.807, 2.05) is 43.3 Å². The van der Waals surface area contributed by atoms with Crippen LogP contribution in [0.25, 0.3) is 5.69 Å². The highest BCUT2D eigenvalue weighted by Gasteiger charge is 2.17. The average Bonchev–Trinajstić information content (AvgIpc) is 2.70. The van der Waals surface area contributed by atoms with Crippen molar-refractivity contribution in [1.82, 2.24) is 9.78 Å². The first-order chi connectivity index (χ1) is 13.5. The maximum atomic E-state index is 12.6. The lowest BCUT2D eigenvalue weighted by molar-refractivity contribution is -0.115. The van der Waals surface area contributed by atoms with Gasteiger partial charge in [0.25, 0.3) is 5.56 Å². The second kappa shape index (κ2) is 8.75. The van der Waals surface area contributed by atoms with Crippen LogP contribution in [-0.4, -0.2) is 28.0 Å². The monoisotopic (exact) mass is 395 g/mol. The SMILES string of the molecule is COc1ccccc1NC(=O)[C@H](C)Sc1ccc(=O)n(-c2ccc(C)cc2)n1. The third-order valence-corrected chi connectivity index (χ3v) is 5.11. The molecule has 0 radical (unpaired) electrons. The molecule has 0 saturated heterocycles. The maximum absolute atomic E-state index is 12.6. The standard InChI is InChI=1S/C21H21N3O3S/c1-14-8-10-16(11-9-14)24-20(25)13-12-19(23-24)28-15(2)21(26)22-17-6-4-5-7-18(17)27-3/h4-13,15H,1-3H3,(H,22,26)/t15-/m0/s1. The number of nitrogens with one attached hydrogen (secondary N) is 1. The van der Waals surface area contributed by atoms with E-state index >= 15 is 0 Å². The molecule has 1 heterocycles. The summed E-state index contributed by atoms with van der Waals surface area (Å²) in [6.45, 7) is 3.77. The zero-order valence-electron chi connectivity index (χ0n) is 15.9. The van der Waals surface area contributed by atoms with Crippen LogP contribution in [0.3, 0.4) is 0 Å². The number of rotatable bonds is 6. The summed E-state index contributed by atoms with van der Waals surface area (Å²) in [5.74, 6) is 0.420. The Kier molecular flexibility index (Phi) is 6.16. The van der Waals surface area contributed by atoms with Gasteiger partial charge in [-0.3, -0.25) is 9.59 Å². The molecule has 144 valence electrons. The first kappa shape index (κ1) is 19.7. The Hall–Kier alpha value is -3.06. The number of hydrogen-bond donors (Lipinski definition) is 1. The van der Waals surface area contributed by atoms with Gasteiger partial charge in [0, 0.05) is 6.07 Å². The van der Waals surface area contributed by atoms with Crippen LogP contribution in [0, 0.1) is 6.92 Å². The normalized spacial score (nSPS) is 11.7. The fourth-order valence-electron chi connectivity index (χ4n) is 2.55. The van der Waals surface area contributed by atoms with Gasteiger partial charge < -0.3 is 10.1 Å². The Labute approximate surface area is 167 Å². The summed E-state index contributed by atoms with van der Waals surface area (Å²) in [4.78, 5) is 24.7. The molecular weight excluding hydrogens is 374 g/mol. The zero-order valence-corrected chi connectivity index (χ0v) is 16.7. The van der Waals surface area contributed by atoms with Gasteiger partial charge in [-0.25, -0.2) is 0 Å². The number of thioether (sulfide) groups is 1. The van der Waals surface area contributed by atoms with E-state index in [9.17, 15) is 9.59 Å². The summed E-state index contributed by atoms with van der Waals surface area (Å²) < 4.78 is 6.60. The van der Waals surface area contributed by atoms with Gasteiger partial charge in [0.1, 0.15) is 10.8 Å². The molecule has 0 bridgehead atoms. The lowest BCUT2D eigenvalue weighted by Crippen LogP contribution is -2.24. The Bertz CT molecular complexity index is 1030. The maximum Gasteiger partial charge on any atom is 0.271 e. The number of aryl methyl sites for hydroxylation is 1. The highest BCUT2D eigenvalue weighted by Crippen LogP contribution is 2.26. The van der Waals surface area contributed by atoms with E-state index in [-0.39, 0.29) is 11.5 Å². The molecule has 0 spiro atoms. The Morgan fingerprint density at radius 2 is 1.82 bits per heavy atom. The zero-order chi connectivity index (χ0) is 20.1. The molecule has 1 amide bonds. The second-order valence-electron chi connectivity index (χ2n) is 6.21. The van der Waals surface area contributed by atoms with Crippen molar-refractivity contribution >= 4 is 23.4 Å². The number of carbonyl (C=O) groups excluding carboxylic acids is 1. The first-order valence-electron chi connectivity index (χ1n) is 8.76. The molecule has 3 rings (SSSR count). The molecule has 2 aromatic carbocycles. The molecule has 0 fully saturated rings. The van der Waals surface area contributed by atoms with E-state index in [0.29, 0.717) is 22.2 Å². The van der Waals surface area contributed by atoms with Crippen molar-refractivity contribution in [3.8, 4) is 11.4 Å². The number of carbonyl (C=O) groups is 1. The van der Waals surface area contributed by atoms with Gasteiger partial charge >= 0.3 is 0 Å². The van der Waals surface area contributed by atoms with Crippen molar-refractivity contribution in [2.75, 3.05) is 12.4 Å². The summed E-state index contributed by atoms with van der Waals surface area (Å²) >= 11 is 1.28. The minimum Gasteiger partial charge on any atom is -0.495 e. The van der Waals surface area contributed by atoms with Crippen LogP contribution in [0.2, 0.25) is 0 Å². The van der Waals surface area contributed by atoms with Crippen LogP contribution in [-0.2, 0) is 4.79 Å². The minimum absolute atomic E-state index is 0.176. The second-order valence-corrected chi connectivity index (χ2v) is 7.57. The lowest BCUT2D eigenvalue weighted by atomic mass is 10.2. The summed E-state index contributed by atoms with van der Waals surface area (Å²) in [7, 11) is 1.56. The lowest BCUT2D eigenvalue weighted by Gasteiger charge is -2.14. The van der Waals surface area contributed by atoms with Crippen molar-refractivity contribution in [3.63, 3.8) is 0 Å². The van der Waals surface area contributed by atoms with Crippen LogP contribution in [0.1, 0.15) is 12.5 Å².